The molecule has 0 aromatic carbocycles. The maximum Gasteiger partial charge on any atom is 0.214 e. The minimum atomic E-state index is -0.163. The Morgan fingerprint density at radius 2 is 2.21 bits per heavy atom. The lowest BCUT2D eigenvalue weighted by molar-refractivity contribution is 0.104. The van der Waals surface area contributed by atoms with E-state index in [0.717, 1.165) is 23.9 Å². The topological polar surface area (TPSA) is 45.5 Å². The summed E-state index contributed by atoms with van der Waals surface area (Å²) in [4.78, 5) is 14.7. The van der Waals surface area contributed by atoms with Gasteiger partial charge in [0, 0.05) is 31.5 Å². The number of carbonyl (C=O) groups is 1. The van der Waals surface area contributed by atoms with Gasteiger partial charge < -0.3 is 10.0 Å². The zero-order chi connectivity index (χ0) is 14.0. The number of hydrogen-bond donors (Lipinski definition) is 1. The van der Waals surface area contributed by atoms with E-state index in [9.17, 15) is 9.90 Å². The summed E-state index contributed by atoms with van der Waals surface area (Å²) in [6.07, 6.45) is 1.61. The smallest absolute Gasteiger partial charge is 0.214 e. The average Bonchev–Trinajstić information content (AvgIpc) is 2.94. The number of hydrogen-bond acceptors (Lipinski definition) is 6. The molecule has 2 rings (SSSR count). The van der Waals surface area contributed by atoms with Gasteiger partial charge in [-0.3, -0.25) is 9.36 Å². The fourth-order valence-electron chi connectivity index (χ4n) is 1.92. The molecule has 0 saturated carbocycles. The molecule has 1 fully saturated rings. The highest BCUT2D eigenvalue weighted by molar-refractivity contribution is 8.03. The molecule has 0 radical (unpaired) electrons. The Hall–Kier alpha value is -0.790. The molecule has 1 aromatic rings. The molecule has 0 bridgehead atoms. The molecule has 0 atom stereocenters. The van der Waals surface area contributed by atoms with Gasteiger partial charge in [0.15, 0.2) is 3.95 Å². The molecular formula is C12H16N2O2S3. The Bertz CT molecular complexity index is 574. The van der Waals surface area contributed by atoms with E-state index in [-0.39, 0.29) is 11.7 Å². The van der Waals surface area contributed by atoms with Crippen LogP contribution in [-0.4, -0.2) is 39.2 Å². The molecule has 1 N–H and O–H groups in total. The van der Waals surface area contributed by atoms with Crippen molar-refractivity contribution in [3.8, 4) is 5.88 Å². The third kappa shape index (κ3) is 2.88. The number of aromatic hydroxyl groups is 1. The molecule has 19 heavy (non-hydrogen) atoms. The lowest BCUT2D eigenvalue weighted by Crippen LogP contribution is -2.17. The Morgan fingerprint density at radius 3 is 2.79 bits per heavy atom. The number of nitrogens with zero attached hydrogens (tertiary/aromatic N) is 2. The first-order valence-electron chi connectivity index (χ1n) is 6.14. The molecule has 1 aliphatic heterocycles. The molecule has 0 unspecified atom stereocenters. The van der Waals surface area contributed by atoms with Crippen LogP contribution in [0.3, 0.4) is 0 Å². The van der Waals surface area contributed by atoms with Gasteiger partial charge in [0.25, 0.3) is 0 Å². The van der Waals surface area contributed by atoms with Crippen LogP contribution in [0, 0.1) is 3.95 Å². The van der Waals surface area contributed by atoms with Gasteiger partial charge in [0.2, 0.25) is 11.7 Å². The lowest BCUT2D eigenvalue weighted by atomic mass is 10.3. The molecule has 1 saturated heterocycles. The third-order valence-electron chi connectivity index (χ3n) is 2.97. The van der Waals surface area contributed by atoms with E-state index in [1.54, 1.807) is 22.4 Å². The van der Waals surface area contributed by atoms with Crippen molar-refractivity contribution in [1.82, 2.24) is 9.47 Å². The van der Waals surface area contributed by atoms with Crippen molar-refractivity contribution in [2.75, 3.05) is 18.8 Å². The summed E-state index contributed by atoms with van der Waals surface area (Å²) < 4.78 is 2.11. The SMILES string of the molecule is CCN1CCS/C1=C\C(=O)c1sc(=S)n(CC)c1O. The number of thioether (sulfide) groups is 1. The Morgan fingerprint density at radius 1 is 1.47 bits per heavy atom. The Balaban J connectivity index is 2.30. The second-order valence-electron chi connectivity index (χ2n) is 4.04. The summed E-state index contributed by atoms with van der Waals surface area (Å²) >= 11 is 7.99. The van der Waals surface area contributed by atoms with E-state index < -0.39 is 0 Å². The normalized spacial score (nSPS) is 17.4. The lowest BCUT2D eigenvalue weighted by Gasteiger charge is -2.15. The van der Waals surface area contributed by atoms with Crippen LogP contribution in [-0.2, 0) is 6.54 Å². The molecular weight excluding hydrogens is 300 g/mol. The van der Waals surface area contributed by atoms with Gasteiger partial charge in [0.1, 0.15) is 4.88 Å². The standard InChI is InChI=1S/C12H16N2O2S3/c1-3-13-5-6-18-9(13)7-8(15)10-11(16)14(4-2)12(17)19-10/h7,16H,3-6H2,1-2H3/b9-7-. The number of carbonyl (C=O) groups excluding carboxylic acids is 1. The fraction of sp³-hybridized carbons (Fsp3) is 0.500. The van der Waals surface area contributed by atoms with E-state index >= 15 is 0 Å². The quantitative estimate of drug-likeness (QED) is 0.525. The van der Waals surface area contributed by atoms with Gasteiger partial charge in [-0.1, -0.05) is 11.3 Å². The molecule has 7 heteroatoms. The summed E-state index contributed by atoms with van der Waals surface area (Å²) in [7, 11) is 0. The van der Waals surface area contributed by atoms with Crippen LogP contribution >= 0.6 is 35.3 Å². The van der Waals surface area contributed by atoms with Crippen molar-refractivity contribution in [2.45, 2.75) is 20.4 Å². The maximum atomic E-state index is 12.2. The van der Waals surface area contributed by atoms with Crippen molar-refractivity contribution >= 4 is 41.1 Å². The van der Waals surface area contributed by atoms with Gasteiger partial charge in [-0.15, -0.1) is 11.8 Å². The minimum absolute atomic E-state index is 0.00889. The van der Waals surface area contributed by atoms with Gasteiger partial charge in [0.05, 0.1) is 5.03 Å². The van der Waals surface area contributed by atoms with Gasteiger partial charge in [-0.05, 0) is 26.1 Å². The third-order valence-corrected chi connectivity index (χ3v) is 5.48. The van der Waals surface area contributed by atoms with E-state index in [1.165, 1.54) is 11.3 Å². The van der Waals surface area contributed by atoms with Crippen molar-refractivity contribution in [3.05, 3.63) is 19.9 Å². The van der Waals surface area contributed by atoms with Crippen LogP contribution in [0.25, 0.3) is 0 Å². The molecule has 104 valence electrons. The predicted octanol–water partition coefficient (Wildman–Crippen LogP) is 3.10. The van der Waals surface area contributed by atoms with Gasteiger partial charge in [-0.25, -0.2) is 0 Å². The highest BCUT2D eigenvalue weighted by Gasteiger charge is 2.21. The van der Waals surface area contributed by atoms with E-state index in [4.69, 9.17) is 12.2 Å². The first-order valence-corrected chi connectivity index (χ1v) is 8.35. The van der Waals surface area contributed by atoms with Crippen LogP contribution in [0.15, 0.2) is 11.1 Å². The zero-order valence-electron chi connectivity index (χ0n) is 10.9. The van der Waals surface area contributed by atoms with Crippen LogP contribution in [0.2, 0.25) is 0 Å². The number of ketones is 1. The molecule has 0 spiro atoms. The van der Waals surface area contributed by atoms with Gasteiger partial charge in [-0.2, -0.15) is 0 Å². The van der Waals surface area contributed by atoms with E-state index in [0.29, 0.717) is 15.4 Å². The van der Waals surface area contributed by atoms with E-state index in [2.05, 4.69) is 11.8 Å². The summed E-state index contributed by atoms with van der Waals surface area (Å²) in [5.74, 6) is 0.832. The minimum Gasteiger partial charge on any atom is -0.493 e. The predicted molar refractivity (Wildman–Crippen MR) is 82.6 cm³/mol. The monoisotopic (exact) mass is 316 g/mol. The summed E-state index contributed by atoms with van der Waals surface area (Å²) in [6, 6.07) is 0. The van der Waals surface area contributed by atoms with E-state index in [1.807, 2.05) is 6.92 Å². The highest BCUT2D eigenvalue weighted by atomic mass is 32.2. The number of allylic oxidation sites excluding steroid dienone is 1. The summed E-state index contributed by atoms with van der Waals surface area (Å²) in [6.45, 7) is 6.39. The van der Waals surface area contributed by atoms with Crippen LogP contribution in [0.4, 0.5) is 0 Å². The highest BCUT2D eigenvalue weighted by Crippen LogP contribution is 2.31. The summed E-state index contributed by atoms with van der Waals surface area (Å²) in [5.41, 5.74) is 0. The largest absolute Gasteiger partial charge is 0.493 e. The van der Waals surface area contributed by atoms with Crippen molar-refractivity contribution in [3.63, 3.8) is 0 Å². The van der Waals surface area contributed by atoms with Gasteiger partial charge >= 0.3 is 0 Å². The van der Waals surface area contributed by atoms with Crippen molar-refractivity contribution < 1.29 is 9.90 Å². The first kappa shape index (κ1) is 14.6. The number of rotatable bonds is 4. The summed E-state index contributed by atoms with van der Waals surface area (Å²) in [5, 5.41) is 11.0. The Kier molecular flexibility index (Phi) is 4.70. The molecule has 0 amide bonds. The molecule has 1 aromatic heterocycles. The van der Waals surface area contributed by atoms with Crippen molar-refractivity contribution in [1.29, 1.82) is 0 Å². The van der Waals surface area contributed by atoms with Crippen LogP contribution < -0.4 is 0 Å². The maximum absolute atomic E-state index is 12.2. The second-order valence-corrected chi connectivity index (χ2v) is 6.80. The molecule has 4 nitrogen and oxygen atoms in total. The van der Waals surface area contributed by atoms with Crippen LogP contribution in [0.5, 0.6) is 5.88 Å². The molecule has 2 heterocycles. The number of aromatic nitrogens is 1. The molecule has 1 aliphatic rings. The second kappa shape index (κ2) is 6.11. The average molecular weight is 316 g/mol. The fourth-order valence-corrected chi connectivity index (χ4v) is 4.36. The zero-order valence-corrected chi connectivity index (χ0v) is 13.3. The molecule has 0 aliphatic carbocycles. The van der Waals surface area contributed by atoms with Crippen LogP contribution in [0.1, 0.15) is 23.5 Å². The first-order chi connectivity index (χ1) is 9.08. The number of thiazole rings is 1. The van der Waals surface area contributed by atoms with Crippen molar-refractivity contribution in [2.24, 2.45) is 0 Å². The Labute approximate surface area is 125 Å².